The van der Waals surface area contributed by atoms with Crippen LogP contribution in [0.25, 0.3) is 11.4 Å². The van der Waals surface area contributed by atoms with Crippen LogP contribution < -0.4 is 5.32 Å². The van der Waals surface area contributed by atoms with Gasteiger partial charge in [0.05, 0.1) is 16.2 Å². The molecule has 0 spiro atoms. The van der Waals surface area contributed by atoms with Crippen molar-refractivity contribution in [1.82, 2.24) is 9.97 Å². The molecule has 0 bridgehead atoms. The molecule has 0 saturated heterocycles. The summed E-state index contributed by atoms with van der Waals surface area (Å²) in [5, 5.41) is 4.79. The molecular weight excluding hydrogens is 305 g/mol. The molecule has 1 N–H and O–H groups in total. The molecule has 0 radical (unpaired) electrons. The normalized spacial score (nSPS) is 14.5. The highest BCUT2D eigenvalue weighted by atomic mass is 35.5. The highest BCUT2D eigenvalue weighted by molar-refractivity contribution is 6.42. The maximum atomic E-state index is 6.08. The molecule has 0 amide bonds. The minimum atomic E-state index is 0.481. The van der Waals surface area contributed by atoms with E-state index in [1.807, 2.05) is 6.07 Å². The highest BCUT2D eigenvalue weighted by Gasteiger charge is 2.22. The zero-order chi connectivity index (χ0) is 13.4. The van der Waals surface area contributed by atoms with Crippen molar-refractivity contribution in [3.63, 3.8) is 0 Å². The maximum absolute atomic E-state index is 6.08. The summed E-state index contributed by atoms with van der Waals surface area (Å²) in [4.78, 5) is 8.66. The van der Waals surface area contributed by atoms with Crippen LogP contribution in [-0.4, -0.2) is 16.0 Å². The second kappa shape index (κ2) is 5.16. The second-order valence-electron chi connectivity index (χ2n) is 4.44. The van der Waals surface area contributed by atoms with Gasteiger partial charge in [-0.2, -0.15) is 0 Å². The quantitative estimate of drug-likeness (QED) is 0.894. The molecule has 1 saturated carbocycles. The lowest BCUT2D eigenvalue weighted by atomic mass is 10.2. The van der Waals surface area contributed by atoms with E-state index in [-0.39, 0.29) is 0 Å². The van der Waals surface area contributed by atoms with Gasteiger partial charge in [0.2, 0.25) is 0 Å². The first kappa shape index (κ1) is 13.0. The first-order chi connectivity index (χ1) is 9.13. The Bertz CT molecular complexity index is 627. The standard InChI is InChI=1S/C13H10Cl3N3/c14-9-4-1-7(5-10(9)15)12-17-6-11(16)13(19-12)18-8-2-3-8/h1,4-6,8H,2-3H2,(H,17,18,19). The molecule has 2 aromatic rings. The summed E-state index contributed by atoms with van der Waals surface area (Å²) in [6.45, 7) is 0. The van der Waals surface area contributed by atoms with E-state index in [9.17, 15) is 0 Å². The third-order valence-electron chi connectivity index (χ3n) is 2.84. The van der Waals surface area contributed by atoms with Crippen LogP contribution in [0, 0.1) is 0 Å². The summed E-state index contributed by atoms with van der Waals surface area (Å²) < 4.78 is 0. The van der Waals surface area contributed by atoms with Crippen LogP contribution in [0.2, 0.25) is 15.1 Å². The molecule has 1 aromatic heterocycles. The largest absolute Gasteiger partial charge is 0.366 e. The van der Waals surface area contributed by atoms with Crippen molar-refractivity contribution in [3.8, 4) is 11.4 Å². The minimum Gasteiger partial charge on any atom is -0.366 e. The van der Waals surface area contributed by atoms with Gasteiger partial charge in [-0.3, -0.25) is 0 Å². The fraction of sp³-hybridized carbons (Fsp3) is 0.231. The van der Waals surface area contributed by atoms with E-state index in [0.717, 1.165) is 18.4 Å². The van der Waals surface area contributed by atoms with Crippen LogP contribution in [0.1, 0.15) is 12.8 Å². The van der Waals surface area contributed by atoms with Crippen LogP contribution in [0.15, 0.2) is 24.4 Å². The number of hydrogen-bond donors (Lipinski definition) is 1. The number of nitrogens with zero attached hydrogens (tertiary/aromatic N) is 2. The van der Waals surface area contributed by atoms with Crippen LogP contribution >= 0.6 is 34.8 Å². The van der Waals surface area contributed by atoms with Gasteiger partial charge in [0.25, 0.3) is 0 Å². The molecule has 6 heteroatoms. The zero-order valence-electron chi connectivity index (χ0n) is 9.83. The van der Waals surface area contributed by atoms with Gasteiger partial charge < -0.3 is 5.32 Å². The summed E-state index contributed by atoms with van der Waals surface area (Å²) in [5.74, 6) is 1.24. The van der Waals surface area contributed by atoms with E-state index < -0.39 is 0 Å². The smallest absolute Gasteiger partial charge is 0.161 e. The van der Waals surface area contributed by atoms with Gasteiger partial charge >= 0.3 is 0 Å². The van der Waals surface area contributed by atoms with E-state index in [0.29, 0.717) is 32.8 Å². The van der Waals surface area contributed by atoms with Gasteiger partial charge in [-0.15, -0.1) is 0 Å². The lowest BCUT2D eigenvalue weighted by Crippen LogP contribution is -2.05. The predicted molar refractivity (Wildman–Crippen MR) is 79.1 cm³/mol. The molecule has 0 aliphatic heterocycles. The van der Waals surface area contributed by atoms with E-state index in [2.05, 4.69) is 15.3 Å². The third kappa shape index (κ3) is 2.94. The molecule has 1 aliphatic carbocycles. The van der Waals surface area contributed by atoms with Crippen LogP contribution in [0.3, 0.4) is 0 Å². The molecule has 3 rings (SSSR count). The maximum Gasteiger partial charge on any atom is 0.161 e. The van der Waals surface area contributed by atoms with Gasteiger partial charge in [0, 0.05) is 11.6 Å². The Morgan fingerprint density at radius 1 is 1.05 bits per heavy atom. The number of nitrogens with one attached hydrogen (secondary N) is 1. The van der Waals surface area contributed by atoms with Gasteiger partial charge in [-0.1, -0.05) is 34.8 Å². The second-order valence-corrected chi connectivity index (χ2v) is 5.66. The molecule has 3 nitrogen and oxygen atoms in total. The van der Waals surface area contributed by atoms with Crippen molar-refractivity contribution in [1.29, 1.82) is 0 Å². The number of halogens is 3. The van der Waals surface area contributed by atoms with Crippen molar-refractivity contribution in [2.24, 2.45) is 0 Å². The van der Waals surface area contributed by atoms with Crippen LogP contribution in [0.5, 0.6) is 0 Å². The number of rotatable bonds is 3. The first-order valence-corrected chi connectivity index (χ1v) is 7.01. The monoisotopic (exact) mass is 313 g/mol. The van der Waals surface area contributed by atoms with Gasteiger partial charge in [0.1, 0.15) is 10.8 Å². The summed E-state index contributed by atoms with van der Waals surface area (Å²) in [6, 6.07) is 5.78. The number of aromatic nitrogens is 2. The van der Waals surface area contributed by atoms with Crippen molar-refractivity contribution in [2.45, 2.75) is 18.9 Å². The van der Waals surface area contributed by atoms with Gasteiger partial charge in [-0.25, -0.2) is 9.97 Å². The fourth-order valence-electron chi connectivity index (χ4n) is 1.66. The van der Waals surface area contributed by atoms with Crippen molar-refractivity contribution >= 4 is 40.6 Å². The molecule has 0 atom stereocenters. The summed E-state index contributed by atoms with van der Waals surface area (Å²) in [6.07, 6.45) is 3.90. The van der Waals surface area contributed by atoms with Crippen molar-refractivity contribution < 1.29 is 0 Å². The average Bonchev–Trinajstić information content (AvgIpc) is 3.19. The number of hydrogen-bond acceptors (Lipinski definition) is 3. The van der Waals surface area contributed by atoms with Crippen LogP contribution in [-0.2, 0) is 0 Å². The van der Waals surface area contributed by atoms with Gasteiger partial charge in [0.15, 0.2) is 5.82 Å². The van der Waals surface area contributed by atoms with E-state index in [1.165, 1.54) is 0 Å². The summed E-state index contributed by atoms with van der Waals surface area (Å²) in [5.41, 5.74) is 0.810. The number of anilines is 1. The Hall–Kier alpha value is -1.03. The Morgan fingerprint density at radius 3 is 2.53 bits per heavy atom. The molecule has 0 unspecified atom stereocenters. The van der Waals surface area contributed by atoms with E-state index in [4.69, 9.17) is 34.8 Å². The average molecular weight is 315 g/mol. The first-order valence-electron chi connectivity index (χ1n) is 5.88. The summed E-state index contributed by atoms with van der Waals surface area (Å²) >= 11 is 18.0. The highest BCUT2D eigenvalue weighted by Crippen LogP contribution is 2.31. The SMILES string of the molecule is Clc1ccc(-c2ncc(Cl)c(NC3CC3)n2)cc1Cl. The Labute approximate surface area is 125 Å². The Morgan fingerprint density at radius 2 is 1.84 bits per heavy atom. The van der Waals surface area contributed by atoms with E-state index >= 15 is 0 Å². The minimum absolute atomic E-state index is 0.481. The summed E-state index contributed by atoms with van der Waals surface area (Å²) in [7, 11) is 0. The topological polar surface area (TPSA) is 37.8 Å². The third-order valence-corrected chi connectivity index (χ3v) is 3.86. The zero-order valence-corrected chi connectivity index (χ0v) is 12.1. The fourth-order valence-corrected chi connectivity index (χ4v) is 2.11. The molecular formula is C13H10Cl3N3. The van der Waals surface area contributed by atoms with Crippen LogP contribution in [0.4, 0.5) is 5.82 Å². The lowest BCUT2D eigenvalue weighted by Gasteiger charge is -2.08. The molecule has 98 valence electrons. The van der Waals surface area contributed by atoms with Gasteiger partial charge in [-0.05, 0) is 31.0 Å². The molecule has 1 aliphatic rings. The van der Waals surface area contributed by atoms with Crippen molar-refractivity contribution in [2.75, 3.05) is 5.32 Å². The molecule has 1 heterocycles. The van der Waals surface area contributed by atoms with E-state index in [1.54, 1.807) is 18.3 Å². The predicted octanol–water partition coefficient (Wildman–Crippen LogP) is 4.68. The Balaban J connectivity index is 1.96. The number of benzene rings is 1. The lowest BCUT2D eigenvalue weighted by molar-refractivity contribution is 1.09. The molecule has 1 fully saturated rings. The molecule has 1 aromatic carbocycles. The Kier molecular flexibility index (Phi) is 3.52. The van der Waals surface area contributed by atoms with Crippen molar-refractivity contribution in [3.05, 3.63) is 39.5 Å². The molecule has 19 heavy (non-hydrogen) atoms.